The minimum Gasteiger partial charge on any atom is -0.477 e. The lowest BCUT2D eigenvalue weighted by atomic mass is 9.72. The number of carbonyl (C=O) groups is 1. The number of aliphatic carboxylic acids is 1. The van der Waals surface area contributed by atoms with Crippen molar-refractivity contribution in [1.29, 1.82) is 0 Å². The van der Waals surface area contributed by atoms with Gasteiger partial charge in [-0.25, -0.2) is 4.79 Å². The molecule has 0 amide bonds. The molecule has 0 heterocycles. The normalized spacial score (nSPS) is 20.8. The number of halogens is 1. The summed E-state index contributed by atoms with van der Waals surface area (Å²) in [6.45, 7) is 10.5. The van der Waals surface area contributed by atoms with Gasteiger partial charge in [0.2, 0.25) is 0 Å². The smallest absolute Gasteiger partial charge is 0.347 e. The van der Waals surface area contributed by atoms with Gasteiger partial charge in [0.05, 0.1) is 0 Å². The predicted molar refractivity (Wildman–Crippen MR) is 84.9 cm³/mol. The fraction of sp³-hybridized carbons (Fsp3) is 0.588. The van der Waals surface area contributed by atoms with E-state index in [1.807, 2.05) is 6.92 Å². The fourth-order valence-corrected chi connectivity index (χ4v) is 3.03. The van der Waals surface area contributed by atoms with Crippen LogP contribution in [0.3, 0.4) is 0 Å². The second-order valence-corrected chi connectivity index (χ2v) is 6.58. The highest BCUT2D eigenvalue weighted by molar-refractivity contribution is 6.41. The van der Waals surface area contributed by atoms with E-state index >= 15 is 0 Å². The predicted octanol–water partition coefficient (Wildman–Crippen LogP) is 5.45. The average Bonchev–Trinajstić information content (AvgIpc) is 2.36. The van der Waals surface area contributed by atoms with Crippen molar-refractivity contribution in [3.8, 4) is 0 Å². The van der Waals surface area contributed by atoms with Crippen LogP contribution in [0.15, 0.2) is 33.4 Å². The largest absolute Gasteiger partial charge is 0.477 e. The fourth-order valence-electron chi connectivity index (χ4n) is 2.91. The summed E-state index contributed by atoms with van der Waals surface area (Å²) in [5, 5.41) is 8.95. The molecule has 0 aliphatic heterocycles. The third kappa shape index (κ3) is 3.76. The van der Waals surface area contributed by atoms with Gasteiger partial charge in [-0.1, -0.05) is 44.0 Å². The summed E-state index contributed by atoms with van der Waals surface area (Å²) in [5.74, 6) is -1.06. The first-order valence-corrected chi connectivity index (χ1v) is 7.59. The van der Waals surface area contributed by atoms with Gasteiger partial charge in [-0.05, 0) is 61.7 Å². The van der Waals surface area contributed by atoms with E-state index < -0.39 is 5.97 Å². The summed E-state index contributed by atoms with van der Waals surface area (Å²) in [4.78, 5) is 11.0. The highest BCUT2D eigenvalue weighted by Gasteiger charge is 2.27. The second kappa shape index (κ2) is 6.62. The molecule has 2 nitrogen and oxygen atoms in total. The topological polar surface area (TPSA) is 37.3 Å². The van der Waals surface area contributed by atoms with E-state index in [0.717, 1.165) is 18.4 Å². The van der Waals surface area contributed by atoms with E-state index in [1.165, 1.54) is 24.0 Å². The molecule has 3 heteroatoms. The average molecular weight is 297 g/mol. The molecule has 0 saturated carbocycles. The van der Waals surface area contributed by atoms with Gasteiger partial charge < -0.3 is 5.11 Å². The first kappa shape index (κ1) is 17.0. The molecular formula is C17H25ClO2. The van der Waals surface area contributed by atoms with Crippen molar-refractivity contribution in [2.75, 3.05) is 0 Å². The molecule has 0 aromatic heterocycles. The molecule has 112 valence electrons. The van der Waals surface area contributed by atoms with Gasteiger partial charge >= 0.3 is 5.97 Å². The molecule has 0 aromatic rings. The van der Waals surface area contributed by atoms with Gasteiger partial charge in [0.15, 0.2) is 0 Å². The van der Waals surface area contributed by atoms with Crippen molar-refractivity contribution in [2.24, 2.45) is 5.41 Å². The zero-order valence-electron chi connectivity index (χ0n) is 13.1. The number of allylic oxidation sites excluding steroid dienone is 5. The van der Waals surface area contributed by atoms with Crippen LogP contribution < -0.4 is 0 Å². The van der Waals surface area contributed by atoms with Crippen molar-refractivity contribution >= 4 is 17.6 Å². The molecule has 0 radical (unpaired) electrons. The standard InChI is InChI=1S/C17H25ClO2/c1-6-13(12(3)15(18)16(19)20)10-14-11(2)8-7-9-17(14,4)5/h10H,6-9H2,1-5H3,(H,19,20). The molecule has 0 aromatic carbocycles. The maximum Gasteiger partial charge on any atom is 0.347 e. The number of rotatable bonds is 4. The van der Waals surface area contributed by atoms with E-state index in [2.05, 4.69) is 26.8 Å². The number of carboxylic acid groups (broad SMARTS) is 1. The molecule has 0 atom stereocenters. The van der Waals surface area contributed by atoms with Crippen LogP contribution >= 0.6 is 11.6 Å². The van der Waals surface area contributed by atoms with Crippen molar-refractivity contribution in [2.45, 2.75) is 60.3 Å². The summed E-state index contributed by atoms with van der Waals surface area (Å²) in [6.07, 6.45) is 6.46. The maximum atomic E-state index is 11.0. The summed E-state index contributed by atoms with van der Waals surface area (Å²) in [6, 6.07) is 0. The second-order valence-electron chi connectivity index (χ2n) is 6.20. The van der Waals surface area contributed by atoms with Gasteiger partial charge in [-0.2, -0.15) is 0 Å². The van der Waals surface area contributed by atoms with Crippen molar-refractivity contribution in [3.63, 3.8) is 0 Å². The highest BCUT2D eigenvalue weighted by Crippen LogP contribution is 2.42. The molecule has 0 unspecified atom stereocenters. The Morgan fingerprint density at radius 1 is 1.45 bits per heavy atom. The highest BCUT2D eigenvalue weighted by atomic mass is 35.5. The van der Waals surface area contributed by atoms with Crippen LogP contribution in [0.25, 0.3) is 0 Å². The van der Waals surface area contributed by atoms with Gasteiger partial charge in [0.25, 0.3) is 0 Å². The van der Waals surface area contributed by atoms with E-state index in [1.54, 1.807) is 6.92 Å². The molecule has 0 fully saturated rings. The Hall–Kier alpha value is -1.02. The third-order valence-electron chi connectivity index (χ3n) is 4.24. The minimum absolute atomic E-state index is 0.0787. The zero-order chi connectivity index (χ0) is 15.5. The van der Waals surface area contributed by atoms with E-state index in [-0.39, 0.29) is 10.4 Å². The Morgan fingerprint density at radius 2 is 2.05 bits per heavy atom. The Kier molecular flexibility index (Phi) is 5.64. The van der Waals surface area contributed by atoms with Crippen LogP contribution in [0.2, 0.25) is 0 Å². The molecule has 20 heavy (non-hydrogen) atoms. The van der Waals surface area contributed by atoms with Crippen LogP contribution in [0.4, 0.5) is 0 Å². The maximum absolute atomic E-state index is 11.0. The lowest BCUT2D eigenvalue weighted by Crippen LogP contribution is -2.19. The number of carboxylic acids is 1. The summed E-state index contributed by atoms with van der Waals surface area (Å²) < 4.78 is 0. The van der Waals surface area contributed by atoms with Crippen LogP contribution in [0, 0.1) is 5.41 Å². The molecular weight excluding hydrogens is 272 g/mol. The molecule has 1 aliphatic carbocycles. The Balaban J connectivity index is 3.31. The van der Waals surface area contributed by atoms with Gasteiger partial charge in [-0.15, -0.1) is 0 Å². The monoisotopic (exact) mass is 296 g/mol. The Morgan fingerprint density at radius 3 is 2.50 bits per heavy atom. The SMILES string of the molecule is CCC(=CC1=C(C)CCCC1(C)C)C(C)=C(Cl)C(=O)O. The zero-order valence-corrected chi connectivity index (χ0v) is 13.9. The third-order valence-corrected chi connectivity index (χ3v) is 4.69. The first-order valence-electron chi connectivity index (χ1n) is 7.21. The van der Waals surface area contributed by atoms with E-state index in [4.69, 9.17) is 16.7 Å². The Bertz CT molecular complexity index is 493. The quantitative estimate of drug-likeness (QED) is 0.553. The number of hydrogen-bond donors (Lipinski definition) is 1. The van der Waals surface area contributed by atoms with Crippen molar-refractivity contribution in [3.05, 3.63) is 33.4 Å². The lowest BCUT2D eigenvalue weighted by molar-refractivity contribution is -0.131. The van der Waals surface area contributed by atoms with E-state index in [0.29, 0.717) is 5.57 Å². The molecule has 0 saturated heterocycles. The Labute approximate surface area is 127 Å². The lowest BCUT2D eigenvalue weighted by Gasteiger charge is -2.33. The molecule has 1 N–H and O–H groups in total. The summed E-state index contributed by atoms with van der Waals surface area (Å²) in [7, 11) is 0. The summed E-state index contributed by atoms with van der Waals surface area (Å²) in [5.41, 5.74) is 4.59. The number of hydrogen-bond acceptors (Lipinski definition) is 1. The molecule has 0 spiro atoms. The molecule has 1 rings (SSSR count). The van der Waals surface area contributed by atoms with Gasteiger partial charge in [-0.3, -0.25) is 0 Å². The molecule has 1 aliphatic rings. The van der Waals surface area contributed by atoms with Crippen LogP contribution in [-0.4, -0.2) is 11.1 Å². The summed E-state index contributed by atoms with van der Waals surface area (Å²) >= 11 is 5.89. The first-order chi connectivity index (χ1) is 9.20. The van der Waals surface area contributed by atoms with Crippen LogP contribution in [0.1, 0.15) is 60.3 Å². The van der Waals surface area contributed by atoms with Gasteiger partial charge in [0.1, 0.15) is 5.03 Å². The van der Waals surface area contributed by atoms with Gasteiger partial charge in [0, 0.05) is 0 Å². The van der Waals surface area contributed by atoms with Crippen molar-refractivity contribution < 1.29 is 9.90 Å². The van der Waals surface area contributed by atoms with Crippen molar-refractivity contribution in [1.82, 2.24) is 0 Å². The van der Waals surface area contributed by atoms with Crippen LogP contribution in [-0.2, 0) is 4.79 Å². The molecule has 0 bridgehead atoms. The van der Waals surface area contributed by atoms with Crippen LogP contribution in [0.5, 0.6) is 0 Å². The van der Waals surface area contributed by atoms with E-state index in [9.17, 15) is 4.79 Å². The minimum atomic E-state index is -1.06.